The van der Waals surface area contributed by atoms with Crippen LogP contribution in [-0.2, 0) is 12.2 Å². The molecule has 0 fully saturated rings. The van der Waals surface area contributed by atoms with Gasteiger partial charge in [0.1, 0.15) is 0 Å². The molecular formula is C19H17N3O2S2. The first-order valence-electron chi connectivity index (χ1n) is 8.26. The second-order valence-electron chi connectivity index (χ2n) is 5.89. The molecule has 0 N–H and O–H groups in total. The number of thioether (sulfide) groups is 1. The van der Waals surface area contributed by atoms with Crippen molar-refractivity contribution in [3.05, 3.63) is 71.3 Å². The minimum Gasteiger partial charge on any atom is -0.462 e. The normalized spacial score (nSPS) is 12.3. The quantitative estimate of drug-likeness (QED) is 0.397. The summed E-state index contributed by atoms with van der Waals surface area (Å²) < 4.78 is 11.1. The molecule has 0 aliphatic heterocycles. The van der Waals surface area contributed by atoms with E-state index in [2.05, 4.69) is 34.2 Å². The van der Waals surface area contributed by atoms with Crippen molar-refractivity contribution in [2.24, 2.45) is 0 Å². The fourth-order valence-corrected chi connectivity index (χ4v) is 4.13. The van der Waals surface area contributed by atoms with Crippen LogP contribution >= 0.6 is 23.1 Å². The molecule has 1 unspecified atom stereocenters. The van der Waals surface area contributed by atoms with Crippen LogP contribution in [0.4, 0.5) is 0 Å². The lowest BCUT2D eigenvalue weighted by Gasteiger charge is -2.08. The van der Waals surface area contributed by atoms with Gasteiger partial charge in [-0.1, -0.05) is 49.0 Å². The smallest absolute Gasteiger partial charge is 0.276 e. The molecule has 7 heteroatoms. The maximum absolute atomic E-state index is 5.77. The van der Waals surface area contributed by atoms with Crippen molar-refractivity contribution in [1.29, 1.82) is 0 Å². The van der Waals surface area contributed by atoms with Crippen LogP contribution in [0.1, 0.15) is 30.0 Å². The van der Waals surface area contributed by atoms with Crippen molar-refractivity contribution in [3.8, 4) is 10.8 Å². The molecule has 1 aromatic carbocycles. The van der Waals surface area contributed by atoms with Gasteiger partial charge in [-0.15, -0.1) is 21.5 Å². The molecular weight excluding hydrogens is 366 g/mol. The highest BCUT2D eigenvalue weighted by molar-refractivity contribution is 7.98. The van der Waals surface area contributed by atoms with Crippen molar-refractivity contribution in [3.63, 3.8) is 0 Å². The van der Waals surface area contributed by atoms with Crippen LogP contribution in [0.3, 0.4) is 0 Å². The van der Waals surface area contributed by atoms with Crippen LogP contribution in [0.5, 0.6) is 0 Å². The summed E-state index contributed by atoms with van der Waals surface area (Å²) in [6.07, 6.45) is 2.39. The van der Waals surface area contributed by atoms with Crippen molar-refractivity contribution in [2.45, 2.75) is 30.2 Å². The fraction of sp³-hybridized carbons (Fsp3) is 0.211. The maximum Gasteiger partial charge on any atom is 0.276 e. The number of hydrogen-bond acceptors (Lipinski definition) is 7. The predicted molar refractivity (Wildman–Crippen MR) is 102 cm³/mol. The molecule has 4 rings (SSSR count). The van der Waals surface area contributed by atoms with Crippen LogP contribution in [-0.4, -0.2) is 15.2 Å². The Labute approximate surface area is 159 Å². The highest BCUT2D eigenvalue weighted by Crippen LogP contribution is 2.28. The van der Waals surface area contributed by atoms with E-state index in [9.17, 15) is 0 Å². The third kappa shape index (κ3) is 4.05. The molecule has 0 aliphatic rings. The van der Waals surface area contributed by atoms with Gasteiger partial charge in [0.05, 0.1) is 12.0 Å². The summed E-state index contributed by atoms with van der Waals surface area (Å²) in [5.74, 6) is 2.48. The summed E-state index contributed by atoms with van der Waals surface area (Å²) >= 11 is 3.07. The zero-order valence-electron chi connectivity index (χ0n) is 14.2. The van der Waals surface area contributed by atoms with Gasteiger partial charge < -0.3 is 8.83 Å². The van der Waals surface area contributed by atoms with E-state index in [1.54, 1.807) is 17.6 Å². The lowest BCUT2D eigenvalue weighted by atomic mass is 9.98. The van der Waals surface area contributed by atoms with Crippen LogP contribution in [0.15, 0.2) is 68.2 Å². The lowest BCUT2D eigenvalue weighted by Crippen LogP contribution is -1.98. The Morgan fingerprint density at radius 3 is 2.81 bits per heavy atom. The number of aromatic nitrogens is 3. The highest BCUT2D eigenvalue weighted by atomic mass is 32.2. The summed E-state index contributed by atoms with van der Waals surface area (Å²) in [6.45, 7) is 2.16. The minimum absolute atomic E-state index is 0.337. The fourth-order valence-electron chi connectivity index (χ4n) is 2.56. The Morgan fingerprint density at radius 1 is 1.12 bits per heavy atom. The first-order valence-corrected chi connectivity index (χ1v) is 10.1. The van der Waals surface area contributed by atoms with E-state index in [4.69, 9.17) is 8.83 Å². The molecule has 0 saturated carbocycles. The van der Waals surface area contributed by atoms with E-state index < -0.39 is 0 Å². The summed E-state index contributed by atoms with van der Waals surface area (Å²) in [4.78, 5) is 4.58. The summed E-state index contributed by atoms with van der Waals surface area (Å²) in [7, 11) is 0. The molecule has 132 valence electrons. The number of furan rings is 1. The van der Waals surface area contributed by atoms with E-state index in [-0.39, 0.29) is 0 Å². The average molecular weight is 383 g/mol. The summed E-state index contributed by atoms with van der Waals surface area (Å²) in [5.41, 5.74) is 2.25. The standard InChI is InChI=1S/C19H17N3O2S2/c1-13(14-6-3-2-4-7-14)10-17-21-22-19(24-17)26-12-15-11-25-18(20-15)16-8-5-9-23-16/h2-9,11,13H,10,12H2,1H3. The van der Waals surface area contributed by atoms with Crippen molar-refractivity contribution >= 4 is 23.1 Å². The zero-order valence-corrected chi connectivity index (χ0v) is 15.8. The largest absolute Gasteiger partial charge is 0.462 e. The second kappa shape index (κ2) is 7.88. The maximum atomic E-state index is 5.77. The Hall–Kier alpha value is -2.38. The Morgan fingerprint density at radius 2 is 2.00 bits per heavy atom. The van der Waals surface area contributed by atoms with Gasteiger partial charge in [-0.2, -0.15) is 0 Å². The molecule has 0 spiro atoms. The average Bonchev–Trinajstić information content (AvgIpc) is 3.42. The Balaban J connectivity index is 1.34. The lowest BCUT2D eigenvalue weighted by molar-refractivity contribution is 0.404. The van der Waals surface area contributed by atoms with Gasteiger partial charge in [0.15, 0.2) is 10.8 Å². The molecule has 0 amide bonds. The Bertz CT molecular complexity index is 948. The monoisotopic (exact) mass is 383 g/mol. The second-order valence-corrected chi connectivity index (χ2v) is 7.67. The number of rotatable bonds is 7. The van der Waals surface area contributed by atoms with Gasteiger partial charge in [-0.05, 0) is 23.6 Å². The van der Waals surface area contributed by atoms with Gasteiger partial charge in [0.25, 0.3) is 5.22 Å². The summed E-state index contributed by atoms with van der Waals surface area (Å²) in [6, 6.07) is 14.1. The van der Waals surface area contributed by atoms with Gasteiger partial charge in [0, 0.05) is 17.6 Å². The van der Waals surface area contributed by atoms with Crippen molar-refractivity contribution in [2.75, 3.05) is 0 Å². The van der Waals surface area contributed by atoms with E-state index >= 15 is 0 Å². The Kier molecular flexibility index (Phi) is 5.17. The van der Waals surface area contributed by atoms with E-state index in [1.165, 1.54) is 17.3 Å². The van der Waals surface area contributed by atoms with Crippen LogP contribution in [0.2, 0.25) is 0 Å². The molecule has 0 bridgehead atoms. The summed E-state index contributed by atoms with van der Waals surface area (Å²) in [5, 5.41) is 11.8. The van der Waals surface area contributed by atoms with Gasteiger partial charge in [-0.25, -0.2) is 4.98 Å². The molecule has 3 aromatic heterocycles. The molecule has 4 aromatic rings. The number of benzene rings is 1. The minimum atomic E-state index is 0.337. The van der Waals surface area contributed by atoms with E-state index in [0.29, 0.717) is 22.8 Å². The number of hydrogen-bond donors (Lipinski definition) is 0. The van der Waals surface area contributed by atoms with Gasteiger partial charge in [0.2, 0.25) is 5.89 Å². The first-order chi connectivity index (χ1) is 12.8. The molecule has 0 saturated heterocycles. The number of nitrogens with zero attached hydrogens (tertiary/aromatic N) is 3. The van der Waals surface area contributed by atoms with Crippen LogP contribution in [0, 0.1) is 0 Å². The van der Waals surface area contributed by atoms with E-state index in [0.717, 1.165) is 22.9 Å². The third-order valence-corrected chi connectivity index (χ3v) is 5.68. The van der Waals surface area contributed by atoms with Gasteiger partial charge >= 0.3 is 0 Å². The topological polar surface area (TPSA) is 65.0 Å². The van der Waals surface area contributed by atoms with Crippen LogP contribution < -0.4 is 0 Å². The van der Waals surface area contributed by atoms with E-state index in [1.807, 2.05) is 35.7 Å². The first kappa shape index (κ1) is 17.1. The molecule has 0 aliphatic carbocycles. The number of thiazole rings is 1. The molecule has 0 radical (unpaired) electrons. The molecule has 5 nitrogen and oxygen atoms in total. The highest BCUT2D eigenvalue weighted by Gasteiger charge is 2.14. The zero-order chi connectivity index (χ0) is 17.8. The molecule has 26 heavy (non-hydrogen) atoms. The van der Waals surface area contributed by atoms with Gasteiger partial charge in [-0.3, -0.25) is 0 Å². The predicted octanol–water partition coefficient (Wildman–Crippen LogP) is 5.42. The molecule has 3 heterocycles. The van der Waals surface area contributed by atoms with Crippen molar-refractivity contribution < 1.29 is 8.83 Å². The molecule has 1 atom stereocenters. The third-order valence-electron chi connectivity index (χ3n) is 3.92. The van der Waals surface area contributed by atoms with Crippen molar-refractivity contribution in [1.82, 2.24) is 15.2 Å². The van der Waals surface area contributed by atoms with Crippen LogP contribution in [0.25, 0.3) is 10.8 Å². The SMILES string of the molecule is CC(Cc1nnc(SCc2csc(-c3ccco3)n2)o1)c1ccccc1.